The van der Waals surface area contributed by atoms with Crippen LogP contribution in [-0.2, 0) is 9.53 Å². The van der Waals surface area contributed by atoms with Crippen LogP contribution in [0.15, 0.2) is 23.2 Å². The number of hydrogen-bond donors (Lipinski definition) is 0. The predicted octanol–water partition coefficient (Wildman–Crippen LogP) is 4.67. The first-order valence-electron chi connectivity index (χ1n) is 6.50. The van der Waals surface area contributed by atoms with Crippen LogP contribution in [0, 0.1) is 24.2 Å². The smallest absolute Gasteiger partial charge is 0.309 e. The van der Waals surface area contributed by atoms with Crippen LogP contribution < -0.4 is 0 Å². The Morgan fingerprint density at radius 1 is 1.35 bits per heavy atom. The van der Waals surface area contributed by atoms with Gasteiger partial charge in [-0.05, 0) is 41.7 Å². The van der Waals surface area contributed by atoms with E-state index < -0.39 is 0 Å². The molecule has 1 fully saturated rings. The Labute approximate surface area is 129 Å². The fourth-order valence-corrected chi connectivity index (χ4v) is 3.51. The van der Waals surface area contributed by atoms with Gasteiger partial charge in [-0.2, -0.15) is 0 Å². The zero-order valence-electron chi connectivity index (χ0n) is 12.0. The van der Waals surface area contributed by atoms with Gasteiger partial charge in [0, 0.05) is 16.0 Å². The molecule has 20 heavy (non-hydrogen) atoms. The van der Waals surface area contributed by atoms with E-state index in [1.165, 1.54) is 7.11 Å². The molecule has 0 bridgehead atoms. The second-order valence-electron chi connectivity index (χ2n) is 5.83. The number of carbonyl (C=O) groups is 1. The lowest BCUT2D eigenvalue weighted by molar-refractivity contribution is -0.143. The largest absolute Gasteiger partial charge is 0.469 e. The molecule has 0 aromatic heterocycles. The van der Waals surface area contributed by atoms with Crippen LogP contribution in [-0.4, -0.2) is 13.1 Å². The van der Waals surface area contributed by atoms with Gasteiger partial charge >= 0.3 is 5.97 Å². The Bertz CT molecular complexity index is 576. The number of aryl methyl sites for hydroxylation is 1. The molecule has 1 saturated carbocycles. The Hall–Kier alpha value is -0.990. The standard InChI is InChI=1S/C16H18Cl2O2/c1-9-7-11(17)6-5-10(9)8-12(18)13-14(15(19)20-4)16(13,2)3/h5-8,13-14H,1-4H3/b12-8-. The van der Waals surface area contributed by atoms with E-state index in [0.717, 1.165) is 11.1 Å². The number of rotatable bonds is 3. The highest BCUT2D eigenvalue weighted by Gasteiger charge is 2.63. The SMILES string of the molecule is COC(=O)C1C(/C(Cl)=C/c2ccc(Cl)cc2C)C1(C)C. The molecule has 1 aromatic carbocycles. The average molecular weight is 313 g/mol. The minimum absolute atomic E-state index is 0.0201. The van der Waals surface area contributed by atoms with E-state index in [0.29, 0.717) is 10.1 Å². The van der Waals surface area contributed by atoms with Gasteiger partial charge in [0.2, 0.25) is 0 Å². The quantitative estimate of drug-likeness (QED) is 0.758. The van der Waals surface area contributed by atoms with Crippen molar-refractivity contribution in [3.63, 3.8) is 0 Å². The molecule has 4 heteroatoms. The number of carbonyl (C=O) groups excluding carboxylic acids is 1. The molecule has 108 valence electrons. The first-order chi connectivity index (χ1) is 9.28. The molecule has 2 unspecified atom stereocenters. The van der Waals surface area contributed by atoms with Crippen LogP contribution in [0.5, 0.6) is 0 Å². The lowest BCUT2D eigenvalue weighted by atomic mass is 10.1. The van der Waals surface area contributed by atoms with Crippen LogP contribution in [0.25, 0.3) is 6.08 Å². The fourth-order valence-electron chi connectivity index (χ4n) is 2.76. The van der Waals surface area contributed by atoms with E-state index in [1.54, 1.807) is 0 Å². The van der Waals surface area contributed by atoms with Crippen molar-refractivity contribution in [1.29, 1.82) is 0 Å². The molecule has 0 radical (unpaired) electrons. The van der Waals surface area contributed by atoms with E-state index in [4.69, 9.17) is 27.9 Å². The third-order valence-corrected chi connectivity index (χ3v) is 4.68. The van der Waals surface area contributed by atoms with E-state index in [1.807, 2.05) is 45.0 Å². The summed E-state index contributed by atoms with van der Waals surface area (Å²) in [5, 5.41) is 1.39. The summed E-state index contributed by atoms with van der Waals surface area (Å²) in [6.07, 6.45) is 1.92. The molecule has 1 aliphatic rings. The van der Waals surface area contributed by atoms with Gasteiger partial charge in [-0.3, -0.25) is 4.79 Å². The Balaban J connectivity index is 2.26. The number of methoxy groups -OCH3 is 1. The summed E-state index contributed by atoms with van der Waals surface area (Å²) in [5.74, 6) is -0.338. The average Bonchev–Trinajstić information content (AvgIpc) is 2.95. The highest BCUT2D eigenvalue weighted by molar-refractivity contribution is 6.32. The number of allylic oxidation sites excluding steroid dienone is 1. The maximum atomic E-state index is 11.7. The summed E-state index contributed by atoms with van der Waals surface area (Å²) < 4.78 is 4.84. The van der Waals surface area contributed by atoms with Gasteiger partial charge in [0.15, 0.2) is 0 Å². The molecule has 1 aliphatic carbocycles. The molecule has 0 heterocycles. The van der Waals surface area contributed by atoms with E-state index in [9.17, 15) is 4.79 Å². The zero-order chi connectivity index (χ0) is 15.1. The second-order valence-corrected chi connectivity index (χ2v) is 6.70. The third-order valence-electron chi connectivity index (χ3n) is 4.10. The molecule has 0 aliphatic heterocycles. The topological polar surface area (TPSA) is 26.3 Å². The summed E-state index contributed by atoms with van der Waals surface area (Å²) >= 11 is 12.4. The molecule has 0 spiro atoms. The molecule has 0 N–H and O–H groups in total. The summed E-state index contributed by atoms with van der Waals surface area (Å²) in [7, 11) is 1.41. The van der Waals surface area contributed by atoms with Crippen molar-refractivity contribution >= 4 is 35.2 Å². The van der Waals surface area contributed by atoms with Gasteiger partial charge in [-0.25, -0.2) is 0 Å². The summed E-state index contributed by atoms with van der Waals surface area (Å²) in [5.41, 5.74) is 1.93. The lowest BCUT2D eigenvalue weighted by Crippen LogP contribution is -2.07. The summed E-state index contributed by atoms with van der Waals surface area (Å²) in [6, 6.07) is 5.66. The summed E-state index contributed by atoms with van der Waals surface area (Å²) in [6.45, 7) is 6.05. The van der Waals surface area contributed by atoms with Crippen LogP contribution in [0.4, 0.5) is 0 Å². The zero-order valence-corrected chi connectivity index (χ0v) is 13.5. The third kappa shape index (κ3) is 2.72. The van der Waals surface area contributed by atoms with Gasteiger partial charge in [-0.15, -0.1) is 0 Å². The fraction of sp³-hybridized carbons (Fsp3) is 0.438. The van der Waals surface area contributed by atoms with Crippen LogP contribution in [0.2, 0.25) is 5.02 Å². The van der Waals surface area contributed by atoms with Crippen molar-refractivity contribution in [3.8, 4) is 0 Å². The normalized spacial score (nSPS) is 24.4. The molecule has 2 rings (SSSR count). The predicted molar refractivity (Wildman–Crippen MR) is 82.8 cm³/mol. The first-order valence-corrected chi connectivity index (χ1v) is 7.25. The first kappa shape index (κ1) is 15.4. The minimum atomic E-state index is -0.195. The van der Waals surface area contributed by atoms with Gasteiger partial charge in [0.25, 0.3) is 0 Å². The van der Waals surface area contributed by atoms with Crippen LogP contribution in [0.1, 0.15) is 25.0 Å². The monoisotopic (exact) mass is 312 g/mol. The minimum Gasteiger partial charge on any atom is -0.469 e. The molecule has 0 amide bonds. The van der Waals surface area contributed by atoms with Crippen LogP contribution >= 0.6 is 23.2 Å². The van der Waals surface area contributed by atoms with Crippen LogP contribution in [0.3, 0.4) is 0 Å². The number of hydrogen-bond acceptors (Lipinski definition) is 2. The Morgan fingerprint density at radius 3 is 2.55 bits per heavy atom. The van der Waals surface area contributed by atoms with Gasteiger partial charge in [0.1, 0.15) is 0 Å². The molecule has 2 nitrogen and oxygen atoms in total. The van der Waals surface area contributed by atoms with Crippen molar-refractivity contribution in [2.45, 2.75) is 20.8 Å². The summed E-state index contributed by atoms with van der Waals surface area (Å²) in [4.78, 5) is 11.7. The van der Waals surface area contributed by atoms with Gasteiger partial charge in [0.05, 0.1) is 13.0 Å². The maximum Gasteiger partial charge on any atom is 0.309 e. The Kier molecular flexibility index (Phi) is 4.17. The van der Waals surface area contributed by atoms with E-state index >= 15 is 0 Å². The van der Waals surface area contributed by atoms with Gasteiger partial charge < -0.3 is 4.74 Å². The van der Waals surface area contributed by atoms with Crippen molar-refractivity contribution in [2.24, 2.45) is 17.3 Å². The molecular formula is C16H18Cl2O2. The highest BCUT2D eigenvalue weighted by atomic mass is 35.5. The number of halogens is 2. The molecular weight excluding hydrogens is 295 g/mol. The van der Waals surface area contributed by atoms with Crippen molar-refractivity contribution in [3.05, 3.63) is 39.4 Å². The highest BCUT2D eigenvalue weighted by Crippen LogP contribution is 2.63. The number of esters is 1. The van der Waals surface area contributed by atoms with E-state index in [-0.39, 0.29) is 23.2 Å². The second kappa shape index (κ2) is 5.42. The molecule has 1 aromatic rings. The van der Waals surface area contributed by atoms with Gasteiger partial charge in [-0.1, -0.05) is 43.1 Å². The maximum absolute atomic E-state index is 11.7. The lowest BCUT2D eigenvalue weighted by Gasteiger charge is -2.04. The van der Waals surface area contributed by atoms with Crippen molar-refractivity contribution in [1.82, 2.24) is 0 Å². The molecule has 2 atom stereocenters. The van der Waals surface area contributed by atoms with Crippen molar-refractivity contribution in [2.75, 3.05) is 7.11 Å². The number of benzene rings is 1. The molecule has 0 saturated heterocycles. The number of ether oxygens (including phenoxy) is 1. The van der Waals surface area contributed by atoms with E-state index in [2.05, 4.69) is 0 Å². The van der Waals surface area contributed by atoms with Crippen molar-refractivity contribution < 1.29 is 9.53 Å². The Morgan fingerprint density at radius 2 is 2.00 bits per heavy atom.